The number of nitrogens with one attached hydrogen (secondary N) is 1. The van der Waals surface area contributed by atoms with Crippen molar-refractivity contribution in [2.75, 3.05) is 6.54 Å². The van der Waals surface area contributed by atoms with E-state index in [1.165, 1.54) is 0 Å². The van der Waals surface area contributed by atoms with Crippen LogP contribution < -0.4 is 5.32 Å². The standard InChI is InChI=1S/C11H17BrClN3.ClH/c1-7(2)10-9(6-14-5-8(3)12)11(13)16(4)15-10;/h7,14H,3,5-6H2,1-2,4H3;1H. The van der Waals surface area contributed by atoms with Crippen LogP contribution in [0.4, 0.5) is 0 Å². The summed E-state index contributed by atoms with van der Waals surface area (Å²) in [6, 6.07) is 0. The van der Waals surface area contributed by atoms with Crippen LogP contribution in [0.15, 0.2) is 11.1 Å². The maximum atomic E-state index is 6.20. The van der Waals surface area contributed by atoms with Crippen molar-refractivity contribution in [3.05, 3.63) is 27.5 Å². The third-order valence-corrected chi connectivity index (χ3v) is 3.02. The van der Waals surface area contributed by atoms with Crippen LogP contribution >= 0.6 is 39.9 Å². The summed E-state index contributed by atoms with van der Waals surface area (Å²) in [5.74, 6) is 0.377. The first-order valence-corrected chi connectivity index (χ1v) is 6.35. The zero-order valence-electron chi connectivity index (χ0n) is 10.3. The van der Waals surface area contributed by atoms with Crippen LogP contribution in [0, 0.1) is 0 Å². The minimum Gasteiger partial charge on any atom is -0.308 e. The third kappa shape index (κ3) is 4.62. The maximum absolute atomic E-state index is 6.20. The molecule has 17 heavy (non-hydrogen) atoms. The molecule has 0 fully saturated rings. The van der Waals surface area contributed by atoms with E-state index in [0.717, 1.165) is 22.3 Å². The van der Waals surface area contributed by atoms with Crippen molar-refractivity contribution in [3.63, 3.8) is 0 Å². The highest BCUT2D eigenvalue weighted by Crippen LogP contribution is 2.24. The number of rotatable bonds is 5. The van der Waals surface area contributed by atoms with E-state index in [1.54, 1.807) is 4.68 Å². The second-order valence-corrected chi connectivity index (χ2v) is 5.53. The minimum absolute atomic E-state index is 0. The van der Waals surface area contributed by atoms with E-state index in [0.29, 0.717) is 17.6 Å². The van der Waals surface area contributed by atoms with Crippen molar-refractivity contribution in [3.8, 4) is 0 Å². The molecule has 6 heteroatoms. The Kier molecular flexibility index (Phi) is 7.40. The molecule has 98 valence electrons. The molecule has 0 radical (unpaired) electrons. The molecule has 3 nitrogen and oxygen atoms in total. The summed E-state index contributed by atoms with van der Waals surface area (Å²) in [4.78, 5) is 0. The molecule has 0 aliphatic carbocycles. The molecule has 1 N–H and O–H groups in total. The lowest BCUT2D eigenvalue weighted by molar-refractivity contribution is 0.705. The van der Waals surface area contributed by atoms with Crippen molar-refractivity contribution < 1.29 is 0 Å². The summed E-state index contributed by atoms with van der Waals surface area (Å²) >= 11 is 9.51. The Morgan fingerprint density at radius 2 is 2.18 bits per heavy atom. The Hall–Kier alpha value is -0.0300. The smallest absolute Gasteiger partial charge is 0.131 e. The van der Waals surface area contributed by atoms with Gasteiger partial charge in [-0.15, -0.1) is 12.4 Å². The Morgan fingerprint density at radius 1 is 1.59 bits per heavy atom. The molecule has 0 amide bonds. The molecular formula is C11H18BrCl2N3. The number of halogens is 3. The average molecular weight is 343 g/mol. The predicted octanol–water partition coefficient (Wildman–Crippen LogP) is 3.62. The largest absolute Gasteiger partial charge is 0.308 e. The van der Waals surface area contributed by atoms with Crippen molar-refractivity contribution in [1.82, 2.24) is 15.1 Å². The molecule has 0 bridgehead atoms. The van der Waals surface area contributed by atoms with Crippen LogP contribution in [0.3, 0.4) is 0 Å². The minimum atomic E-state index is 0. The average Bonchev–Trinajstić information content (AvgIpc) is 2.45. The molecule has 0 saturated heterocycles. The fraction of sp³-hybridized carbons (Fsp3) is 0.545. The van der Waals surface area contributed by atoms with Gasteiger partial charge < -0.3 is 5.32 Å². The van der Waals surface area contributed by atoms with E-state index >= 15 is 0 Å². The summed E-state index contributed by atoms with van der Waals surface area (Å²) in [6.45, 7) is 9.44. The topological polar surface area (TPSA) is 29.9 Å². The summed E-state index contributed by atoms with van der Waals surface area (Å²) in [5, 5.41) is 8.39. The van der Waals surface area contributed by atoms with Gasteiger partial charge in [-0.05, 0) is 5.92 Å². The molecule has 0 atom stereocenters. The van der Waals surface area contributed by atoms with Crippen LogP contribution in [-0.2, 0) is 13.6 Å². The first-order valence-electron chi connectivity index (χ1n) is 5.18. The highest BCUT2D eigenvalue weighted by Gasteiger charge is 2.16. The third-order valence-electron chi connectivity index (χ3n) is 2.27. The molecule has 0 aliphatic rings. The first kappa shape index (κ1) is 17.0. The van der Waals surface area contributed by atoms with Crippen molar-refractivity contribution >= 4 is 39.9 Å². The van der Waals surface area contributed by atoms with E-state index in [9.17, 15) is 0 Å². The molecular weight excluding hydrogens is 325 g/mol. The summed E-state index contributed by atoms with van der Waals surface area (Å²) < 4.78 is 2.65. The van der Waals surface area contributed by atoms with Crippen LogP contribution in [0.2, 0.25) is 5.15 Å². The van der Waals surface area contributed by atoms with Gasteiger partial charge in [0.1, 0.15) is 5.15 Å². The van der Waals surface area contributed by atoms with Gasteiger partial charge in [0, 0.05) is 30.2 Å². The Balaban J connectivity index is 0.00000256. The predicted molar refractivity (Wildman–Crippen MR) is 79.3 cm³/mol. The molecule has 1 aromatic heterocycles. The second kappa shape index (κ2) is 7.41. The molecule has 0 saturated carbocycles. The molecule has 1 aromatic rings. The van der Waals surface area contributed by atoms with Crippen molar-refractivity contribution in [2.45, 2.75) is 26.3 Å². The van der Waals surface area contributed by atoms with Gasteiger partial charge in [0.2, 0.25) is 0 Å². The number of nitrogens with zero attached hydrogens (tertiary/aromatic N) is 2. The van der Waals surface area contributed by atoms with E-state index < -0.39 is 0 Å². The van der Waals surface area contributed by atoms with Gasteiger partial charge in [-0.3, -0.25) is 4.68 Å². The molecule has 1 heterocycles. The monoisotopic (exact) mass is 341 g/mol. The highest BCUT2D eigenvalue weighted by molar-refractivity contribution is 9.11. The van der Waals surface area contributed by atoms with Crippen LogP contribution in [0.1, 0.15) is 31.0 Å². The first-order chi connectivity index (χ1) is 7.43. The second-order valence-electron chi connectivity index (χ2n) is 4.05. The molecule has 0 spiro atoms. The van der Waals surface area contributed by atoms with Crippen LogP contribution in [-0.4, -0.2) is 16.3 Å². The summed E-state index contributed by atoms with van der Waals surface area (Å²) in [6.07, 6.45) is 0. The zero-order chi connectivity index (χ0) is 12.3. The summed E-state index contributed by atoms with van der Waals surface area (Å²) in [5.41, 5.74) is 2.13. The van der Waals surface area contributed by atoms with E-state index in [2.05, 4.69) is 46.8 Å². The molecule has 0 unspecified atom stereocenters. The lowest BCUT2D eigenvalue weighted by Crippen LogP contribution is -2.15. The van der Waals surface area contributed by atoms with E-state index in [4.69, 9.17) is 11.6 Å². The summed E-state index contributed by atoms with van der Waals surface area (Å²) in [7, 11) is 1.86. The van der Waals surface area contributed by atoms with Gasteiger partial charge in [0.15, 0.2) is 0 Å². The highest BCUT2D eigenvalue weighted by atomic mass is 79.9. The molecule has 1 rings (SSSR count). The lowest BCUT2D eigenvalue weighted by Gasteiger charge is -2.07. The van der Waals surface area contributed by atoms with Gasteiger partial charge >= 0.3 is 0 Å². The Labute approximate surface area is 122 Å². The molecule has 0 aromatic carbocycles. The number of hydrogen-bond donors (Lipinski definition) is 1. The Bertz CT molecular complexity index is 388. The number of hydrogen-bond acceptors (Lipinski definition) is 2. The maximum Gasteiger partial charge on any atom is 0.131 e. The van der Waals surface area contributed by atoms with Gasteiger partial charge in [-0.2, -0.15) is 5.10 Å². The van der Waals surface area contributed by atoms with E-state index in [-0.39, 0.29) is 12.4 Å². The van der Waals surface area contributed by atoms with Crippen molar-refractivity contribution in [1.29, 1.82) is 0 Å². The van der Waals surface area contributed by atoms with E-state index in [1.807, 2.05) is 7.05 Å². The Morgan fingerprint density at radius 3 is 2.65 bits per heavy atom. The number of aryl methyl sites for hydroxylation is 1. The van der Waals surface area contributed by atoms with Gasteiger partial charge in [-0.1, -0.05) is 48.0 Å². The van der Waals surface area contributed by atoms with Crippen LogP contribution in [0.25, 0.3) is 0 Å². The fourth-order valence-corrected chi connectivity index (χ4v) is 1.92. The lowest BCUT2D eigenvalue weighted by atomic mass is 10.1. The van der Waals surface area contributed by atoms with Gasteiger partial charge in [0.05, 0.1) is 5.69 Å². The SMILES string of the molecule is C=C(Br)CNCc1c(C(C)C)nn(C)c1Cl.Cl. The quantitative estimate of drug-likeness (QED) is 0.885. The number of aromatic nitrogens is 2. The molecule has 0 aliphatic heterocycles. The van der Waals surface area contributed by atoms with Gasteiger partial charge in [-0.25, -0.2) is 0 Å². The normalized spacial score (nSPS) is 10.5. The van der Waals surface area contributed by atoms with Gasteiger partial charge in [0.25, 0.3) is 0 Å². The van der Waals surface area contributed by atoms with Crippen LogP contribution in [0.5, 0.6) is 0 Å². The van der Waals surface area contributed by atoms with Crippen molar-refractivity contribution in [2.24, 2.45) is 7.05 Å². The zero-order valence-corrected chi connectivity index (χ0v) is 13.4. The fourth-order valence-electron chi connectivity index (χ4n) is 1.52.